The molecule has 5 aromatic carbocycles. The van der Waals surface area contributed by atoms with Crippen molar-refractivity contribution in [1.82, 2.24) is 9.55 Å². The Bertz CT molecular complexity index is 2230. The average molecular weight is 567 g/mol. The molecule has 0 spiro atoms. The second kappa shape index (κ2) is 9.61. The van der Waals surface area contributed by atoms with Gasteiger partial charge in [-0.15, -0.1) is 0 Å². The Morgan fingerprint density at radius 1 is 0.659 bits per heavy atom. The van der Waals surface area contributed by atoms with Gasteiger partial charge in [0.15, 0.2) is 0 Å². The van der Waals surface area contributed by atoms with Gasteiger partial charge in [0.05, 0.1) is 29.5 Å². The van der Waals surface area contributed by atoms with Crippen molar-refractivity contribution in [3.05, 3.63) is 146 Å². The van der Waals surface area contributed by atoms with Crippen molar-refractivity contribution in [1.29, 1.82) is 0 Å². The first-order valence-electron chi connectivity index (χ1n) is 14.7. The summed E-state index contributed by atoms with van der Waals surface area (Å²) in [4.78, 5) is 9.65. The topological polar surface area (TPSA) is 37.4 Å². The Morgan fingerprint density at radius 2 is 1.36 bits per heavy atom. The van der Waals surface area contributed by atoms with E-state index in [0.29, 0.717) is 0 Å². The fraction of sp³-hybridized carbons (Fsp3) is 0.0270. The highest BCUT2D eigenvalue weighted by atomic mass is 16.5. The van der Waals surface area contributed by atoms with Crippen molar-refractivity contribution in [2.75, 3.05) is 9.62 Å². The van der Waals surface area contributed by atoms with Gasteiger partial charge in [-0.2, -0.15) is 0 Å². The highest BCUT2D eigenvalue weighted by Crippen LogP contribution is 2.50. The van der Waals surface area contributed by atoms with Crippen LogP contribution >= 0.6 is 0 Å². The molecule has 0 N–H and O–H groups in total. The number of aryl methyl sites for hydroxylation is 1. The molecule has 4 heterocycles. The third-order valence-corrected chi connectivity index (χ3v) is 8.58. The van der Waals surface area contributed by atoms with Crippen molar-refractivity contribution >= 4 is 46.4 Å². The summed E-state index contributed by atoms with van der Waals surface area (Å²) in [6, 6.07) is 46.2. The van der Waals surface area contributed by atoms with Gasteiger partial charge >= 0.3 is 6.98 Å². The summed E-state index contributed by atoms with van der Waals surface area (Å²) in [6.45, 7) is -0.0807. The minimum atomic E-state index is -0.0807. The average Bonchev–Trinajstić information content (AvgIpc) is 3.61. The molecule has 0 aliphatic carbocycles. The molecule has 7 heteroatoms. The molecule has 0 fully saturated rings. The Hall–Kier alpha value is -5.82. The van der Waals surface area contributed by atoms with Gasteiger partial charge in [0.25, 0.3) is 0 Å². The Morgan fingerprint density at radius 3 is 2.25 bits per heavy atom. The summed E-state index contributed by atoms with van der Waals surface area (Å²) in [5.74, 6) is 2.44. The SMILES string of the molecule is C[n+]1[c-]n(-c2cccc(Oc3cccc(N4B5c6ccccc6-c6ccccc6N5c5cccnc54)c3)c2)c2ccccc21. The van der Waals surface area contributed by atoms with E-state index in [9.17, 15) is 0 Å². The number of nitrogens with zero attached hydrogens (tertiary/aromatic N) is 5. The maximum absolute atomic E-state index is 6.51. The standard InChI is InChI=1S/C37H26BN5O/c1-40-25-41(35-20-7-6-19-34(35)40)26-11-8-13-28(23-26)44-29-14-9-12-27(24-29)42-37-36(21-10-22-39-37)43-33-18-5-3-16-31(33)30-15-2-4-17-32(30)38(42)43/h2-24H,1H3. The van der Waals surface area contributed by atoms with E-state index in [4.69, 9.17) is 9.72 Å². The lowest BCUT2D eigenvalue weighted by Crippen LogP contribution is -2.55. The number of imidazole rings is 1. The van der Waals surface area contributed by atoms with E-state index in [2.05, 4.69) is 118 Å². The third kappa shape index (κ3) is 3.69. The van der Waals surface area contributed by atoms with E-state index in [1.54, 1.807) is 0 Å². The molecule has 0 atom stereocenters. The zero-order valence-electron chi connectivity index (χ0n) is 24.0. The molecule has 0 saturated carbocycles. The first-order valence-corrected chi connectivity index (χ1v) is 14.7. The predicted octanol–water partition coefficient (Wildman–Crippen LogP) is 7.11. The van der Waals surface area contributed by atoms with Crippen molar-refractivity contribution < 1.29 is 9.30 Å². The summed E-state index contributed by atoms with van der Waals surface area (Å²) in [7, 11) is 2.01. The van der Waals surface area contributed by atoms with Crippen LogP contribution in [0.4, 0.5) is 22.9 Å². The van der Waals surface area contributed by atoms with E-state index < -0.39 is 0 Å². The van der Waals surface area contributed by atoms with Gasteiger partial charge in [-0.3, -0.25) is 0 Å². The molecule has 2 aliphatic rings. The monoisotopic (exact) mass is 567 g/mol. The largest absolute Gasteiger partial charge is 0.458 e. The third-order valence-electron chi connectivity index (χ3n) is 8.58. The van der Waals surface area contributed by atoms with Gasteiger partial charge in [0.2, 0.25) is 6.33 Å². The fourth-order valence-corrected chi connectivity index (χ4v) is 6.72. The summed E-state index contributed by atoms with van der Waals surface area (Å²) >= 11 is 0. The molecule has 6 nitrogen and oxygen atoms in total. The lowest BCUT2D eigenvalue weighted by atomic mass is 9.59. The van der Waals surface area contributed by atoms with E-state index in [1.165, 1.54) is 22.3 Å². The second-order valence-electron chi connectivity index (χ2n) is 11.1. The number of rotatable bonds is 4. The molecule has 0 saturated heterocycles. The normalized spacial score (nSPS) is 13.0. The Kier molecular flexibility index (Phi) is 5.41. The molecule has 2 aromatic heterocycles. The molecule has 0 amide bonds. The van der Waals surface area contributed by atoms with Crippen LogP contribution in [0.5, 0.6) is 11.5 Å². The number of pyridine rings is 1. The zero-order chi connectivity index (χ0) is 29.2. The lowest BCUT2D eigenvalue weighted by Gasteiger charge is -2.36. The van der Waals surface area contributed by atoms with Crippen molar-refractivity contribution in [2.24, 2.45) is 7.05 Å². The van der Waals surface area contributed by atoms with Crippen molar-refractivity contribution in [2.45, 2.75) is 0 Å². The number of hydrogen-bond donors (Lipinski definition) is 0. The number of aromatic nitrogens is 3. The predicted molar refractivity (Wildman–Crippen MR) is 176 cm³/mol. The van der Waals surface area contributed by atoms with Gasteiger partial charge in [0.1, 0.15) is 17.3 Å². The van der Waals surface area contributed by atoms with Crippen molar-refractivity contribution in [3.63, 3.8) is 0 Å². The number of hydrogen-bond acceptors (Lipinski definition) is 4. The van der Waals surface area contributed by atoms with E-state index in [1.807, 2.05) is 54.2 Å². The van der Waals surface area contributed by atoms with E-state index >= 15 is 0 Å². The minimum absolute atomic E-state index is 0.0807. The number of fused-ring (bicyclic) bond motifs is 9. The van der Waals surface area contributed by atoms with E-state index in [-0.39, 0.29) is 6.98 Å². The van der Waals surface area contributed by atoms with Crippen LogP contribution in [0.2, 0.25) is 0 Å². The van der Waals surface area contributed by atoms with Crippen LogP contribution in [0, 0.1) is 6.33 Å². The summed E-state index contributed by atoms with van der Waals surface area (Å²) in [6.07, 6.45) is 5.29. The molecule has 0 radical (unpaired) electrons. The minimum Gasteiger partial charge on any atom is -0.458 e. The smallest absolute Gasteiger partial charge is 0.422 e. The lowest BCUT2D eigenvalue weighted by molar-refractivity contribution is -0.649. The molecule has 0 bridgehead atoms. The maximum atomic E-state index is 6.51. The van der Waals surface area contributed by atoms with Crippen LogP contribution in [0.15, 0.2) is 140 Å². The molecular formula is C37H26BN5O. The van der Waals surface area contributed by atoms with E-state index in [0.717, 1.165) is 45.4 Å². The van der Waals surface area contributed by atoms with Gasteiger partial charge in [-0.1, -0.05) is 84.9 Å². The van der Waals surface area contributed by atoms with Gasteiger partial charge in [0, 0.05) is 29.2 Å². The number of benzene rings is 5. The van der Waals surface area contributed by atoms with Crippen LogP contribution in [0.3, 0.4) is 0 Å². The molecule has 0 unspecified atom stereocenters. The van der Waals surface area contributed by atoms with Gasteiger partial charge < -0.3 is 23.5 Å². The van der Waals surface area contributed by atoms with Crippen molar-refractivity contribution in [3.8, 4) is 28.3 Å². The first-order chi connectivity index (χ1) is 21.7. The van der Waals surface area contributed by atoms with Crippen LogP contribution in [0.1, 0.15) is 0 Å². The number of ether oxygens (including phenoxy) is 1. The maximum Gasteiger partial charge on any atom is 0.422 e. The van der Waals surface area contributed by atoms with Gasteiger partial charge in [-0.25, -0.2) is 4.98 Å². The van der Waals surface area contributed by atoms with Crippen LogP contribution in [-0.2, 0) is 7.05 Å². The van der Waals surface area contributed by atoms with Crippen LogP contribution in [-0.4, -0.2) is 16.5 Å². The number of anilines is 4. The molecule has 7 aromatic rings. The van der Waals surface area contributed by atoms with Crippen LogP contribution in [0.25, 0.3) is 27.8 Å². The Labute approximate surface area is 255 Å². The molecule has 2 aliphatic heterocycles. The highest BCUT2D eigenvalue weighted by Gasteiger charge is 2.48. The first kappa shape index (κ1) is 24.8. The molecule has 44 heavy (non-hydrogen) atoms. The second-order valence-corrected chi connectivity index (χ2v) is 11.1. The Balaban J connectivity index is 1.12. The summed E-state index contributed by atoms with van der Waals surface area (Å²) < 4.78 is 10.6. The number of para-hydroxylation sites is 3. The molecule has 9 rings (SSSR count). The fourth-order valence-electron chi connectivity index (χ4n) is 6.72. The van der Waals surface area contributed by atoms with Gasteiger partial charge in [-0.05, 0) is 53.5 Å². The molecule has 208 valence electrons. The molecular weight excluding hydrogens is 541 g/mol. The quantitative estimate of drug-likeness (QED) is 0.129. The summed E-state index contributed by atoms with van der Waals surface area (Å²) in [5.41, 5.74) is 10.2. The van der Waals surface area contributed by atoms with Crippen LogP contribution < -0.4 is 24.4 Å². The highest BCUT2D eigenvalue weighted by molar-refractivity contribution is 6.86. The summed E-state index contributed by atoms with van der Waals surface area (Å²) in [5, 5.41) is 0. The zero-order valence-corrected chi connectivity index (χ0v) is 24.0.